The summed E-state index contributed by atoms with van der Waals surface area (Å²) < 4.78 is 33.4. The van der Waals surface area contributed by atoms with Crippen molar-refractivity contribution >= 4 is 62.6 Å². The predicted octanol–water partition coefficient (Wildman–Crippen LogP) is 5.02. The first-order valence-corrected chi connectivity index (χ1v) is 14.2. The molecule has 0 fully saturated rings. The monoisotopic (exact) mass is 723 g/mol. The van der Waals surface area contributed by atoms with Crippen LogP contribution in [0.5, 0.6) is 0 Å². The van der Waals surface area contributed by atoms with Crippen LogP contribution in [0.15, 0.2) is 70.8 Å². The largest absolute Gasteiger partial charge is 0.382 e. The third-order valence-electron chi connectivity index (χ3n) is 6.66. The molecule has 4 aromatic heterocycles. The Kier molecular flexibility index (Phi) is 8.39. The lowest BCUT2D eigenvalue weighted by Crippen LogP contribution is -2.19. The van der Waals surface area contributed by atoms with E-state index in [-0.39, 0.29) is 29.2 Å². The van der Waals surface area contributed by atoms with Gasteiger partial charge in [-0.2, -0.15) is 10.2 Å². The van der Waals surface area contributed by atoms with Gasteiger partial charge in [0.15, 0.2) is 0 Å². The topological polar surface area (TPSA) is 105 Å². The summed E-state index contributed by atoms with van der Waals surface area (Å²) in [6, 6.07) is 8.30. The van der Waals surface area contributed by atoms with Crippen LogP contribution in [0.1, 0.15) is 22.3 Å². The van der Waals surface area contributed by atoms with Crippen LogP contribution in [0.4, 0.5) is 14.6 Å². The molecule has 42 heavy (non-hydrogen) atoms. The minimum absolute atomic E-state index is 0.143. The summed E-state index contributed by atoms with van der Waals surface area (Å²) in [6.45, 7) is 0. The fourth-order valence-corrected chi connectivity index (χ4v) is 5.51. The third kappa shape index (κ3) is 5.78. The summed E-state index contributed by atoms with van der Waals surface area (Å²) in [5, 5.41) is 9.31. The Balaban J connectivity index is 0.000000168. The quantitative estimate of drug-likeness (QED) is 0.258. The lowest BCUT2D eigenvalue weighted by molar-refractivity contribution is 0.625. The number of nitrogens with two attached hydrogens (primary N) is 1. The van der Waals surface area contributed by atoms with Crippen LogP contribution >= 0.6 is 45.8 Å². The Bertz CT molecular complexity index is 1950. The zero-order chi connectivity index (χ0) is 30.3. The number of nitrogens with zero attached hydrogens (tertiary/aromatic N) is 6. The van der Waals surface area contributed by atoms with Gasteiger partial charge < -0.3 is 14.9 Å². The first-order valence-electron chi connectivity index (χ1n) is 12.4. The second-order valence-electron chi connectivity index (χ2n) is 9.47. The van der Waals surface area contributed by atoms with E-state index >= 15 is 0 Å². The van der Waals surface area contributed by atoms with E-state index in [9.17, 15) is 18.4 Å². The molecular weight excluding hydrogens is 702 g/mol. The van der Waals surface area contributed by atoms with Gasteiger partial charge >= 0.3 is 0 Å². The molecule has 14 heteroatoms. The van der Waals surface area contributed by atoms with Crippen molar-refractivity contribution in [1.82, 2.24) is 28.4 Å². The summed E-state index contributed by atoms with van der Waals surface area (Å²) in [5.41, 5.74) is 8.89. The van der Waals surface area contributed by atoms with Gasteiger partial charge in [-0.15, -0.1) is 0 Å². The normalized spacial score (nSPS) is 11.2. The minimum atomic E-state index is -0.391. The first kappa shape index (κ1) is 29.7. The number of aryl methyl sites for hydroxylation is 2. The van der Waals surface area contributed by atoms with Crippen LogP contribution in [0.2, 0.25) is 10.0 Å². The molecule has 2 aromatic carbocycles. The number of hydrogen-bond donors (Lipinski definition) is 1. The molecule has 6 aromatic rings. The average Bonchev–Trinajstić information content (AvgIpc) is 3.44. The van der Waals surface area contributed by atoms with Crippen LogP contribution in [0, 0.1) is 15.3 Å². The zero-order valence-corrected chi connectivity index (χ0v) is 25.8. The molecular formula is C28H22Cl2F2IN7O2. The highest BCUT2D eigenvalue weighted by molar-refractivity contribution is 14.1. The maximum absolute atomic E-state index is 13.4. The molecule has 0 saturated heterocycles. The zero-order valence-electron chi connectivity index (χ0n) is 22.2. The third-order valence-corrected chi connectivity index (χ3v) is 8.26. The van der Waals surface area contributed by atoms with Crippen molar-refractivity contribution in [2.24, 2.45) is 14.1 Å². The van der Waals surface area contributed by atoms with Gasteiger partial charge in [-0.25, -0.2) is 17.8 Å². The number of aromatic nitrogens is 6. The molecule has 9 nitrogen and oxygen atoms in total. The number of hydrogen-bond acceptors (Lipinski definition) is 5. The first-order chi connectivity index (χ1) is 19.9. The van der Waals surface area contributed by atoms with Crippen molar-refractivity contribution in [3.8, 4) is 0 Å². The van der Waals surface area contributed by atoms with Gasteiger partial charge in [0.2, 0.25) is 0 Å². The van der Waals surface area contributed by atoms with E-state index in [0.29, 0.717) is 47.9 Å². The number of halogens is 5. The number of fused-ring (bicyclic) bond motifs is 2. The van der Waals surface area contributed by atoms with E-state index in [1.807, 2.05) is 0 Å². The Morgan fingerprint density at radius 1 is 0.762 bits per heavy atom. The highest BCUT2D eigenvalue weighted by atomic mass is 127. The Labute approximate surface area is 260 Å². The Morgan fingerprint density at radius 3 is 1.74 bits per heavy atom. The van der Waals surface area contributed by atoms with Crippen molar-refractivity contribution in [2.75, 3.05) is 5.73 Å². The van der Waals surface area contributed by atoms with Crippen LogP contribution in [0.3, 0.4) is 0 Å². The lowest BCUT2D eigenvalue weighted by atomic mass is 10.1. The maximum atomic E-state index is 13.4. The maximum Gasteiger partial charge on any atom is 0.276 e. The lowest BCUT2D eigenvalue weighted by Gasteiger charge is -2.05. The molecule has 0 aliphatic rings. The van der Waals surface area contributed by atoms with E-state index in [1.165, 1.54) is 50.0 Å². The van der Waals surface area contributed by atoms with Gasteiger partial charge in [0.05, 0.1) is 0 Å². The standard InChI is InChI=1S/C14H10ClFIN3O.C14H12ClFN4O/c2*1-19-4-5-20-12(14(19)21)10(13(17)18-20)7-8-6-9(16)2-3-11(8)15/h2-6H,7H2,1H3;2-6H,7H2,1H3,(H2,17,18). The second kappa shape index (κ2) is 11.9. The number of benzene rings is 2. The van der Waals surface area contributed by atoms with E-state index in [1.54, 1.807) is 43.4 Å². The molecule has 0 spiro atoms. The average molecular weight is 724 g/mol. The Morgan fingerprint density at radius 2 is 1.21 bits per heavy atom. The molecule has 4 heterocycles. The molecule has 0 amide bonds. The molecule has 0 aliphatic carbocycles. The fourth-order valence-electron chi connectivity index (χ4n) is 4.46. The van der Waals surface area contributed by atoms with Crippen molar-refractivity contribution < 1.29 is 8.78 Å². The molecule has 0 saturated carbocycles. The summed E-state index contributed by atoms with van der Waals surface area (Å²) >= 11 is 14.2. The molecule has 0 atom stereocenters. The van der Waals surface area contributed by atoms with Gasteiger partial charge in [-0.05, 0) is 70.1 Å². The van der Waals surface area contributed by atoms with Crippen molar-refractivity contribution in [3.63, 3.8) is 0 Å². The molecule has 0 aliphatic heterocycles. The summed E-state index contributed by atoms with van der Waals surface area (Å²) in [4.78, 5) is 24.5. The van der Waals surface area contributed by atoms with Crippen molar-refractivity contribution in [3.05, 3.63) is 130 Å². The van der Waals surface area contributed by atoms with Gasteiger partial charge in [-0.3, -0.25) is 9.59 Å². The van der Waals surface area contributed by atoms with Gasteiger partial charge in [0, 0.05) is 72.9 Å². The number of anilines is 1. The summed E-state index contributed by atoms with van der Waals surface area (Å²) in [7, 11) is 3.33. The molecule has 216 valence electrons. The SMILES string of the molecule is Cn1ccn2nc(I)c(Cc3cc(F)ccc3Cl)c2c1=O.Cn1ccn2nc(N)c(Cc3cc(F)ccc3Cl)c2c1=O. The van der Waals surface area contributed by atoms with Gasteiger partial charge in [-0.1, -0.05) is 23.2 Å². The summed E-state index contributed by atoms with van der Waals surface area (Å²) in [6.07, 6.45) is 7.21. The Hall–Kier alpha value is -3.75. The minimum Gasteiger partial charge on any atom is -0.382 e. The highest BCUT2D eigenvalue weighted by Gasteiger charge is 2.18. The molecule has 2 N–H and O–H groups in total. The van der Waals surface area contributed by atoms with Crippen molar-refractivity contribution in [1.29, 1.82) is 0 Å². The number of rotatable bonds is 4. The predicted molar refractivity (Wildman–Crippen MR) is 166 cm³/mol. The molecule has 0 radical (unpaired) electrons. The van der Waals surface area contributed by atoms with Crippen LogP contribution in [-0.2, 0) is 26.9 Å². The van der Waals surface area contributed by atoms with Gasteiger partial charge in [0.1, 0.15) is 32.2 Å². The highest BCUT2D eigenvalue weighted by Crippen LogP contribution is 2.26. The molecule has 6 rings (SSSR count). The van der Waals surface area contributed by atoms with E-state index in [2.05, 4.69) is 32.8 Å². The van der Waals surface area contributed by atoms with Gasteiger partial charge in [0.25, 0.3) is 11.1 Å². The molecule has 0 unspecified atom stereocenters. The number of nitrogen functional groups attached to an aromatic ring is 1. The van der Waals surface area contributed by atoms with Crippen molar-refractivity contribution in [2.45, 2.75) is 12.8 Å². The fraction of sp³-hybridized carbons (Fsp3) is 0.143. The van der Waals surface area contributed by atoms with E-state index in [4.69, 9.17) is 28.9 Å². The van der Waals surface area contributed by atoms with Crippen LogP contribution in [-0.4, -0.2) is 28.4 Å². The second-order valence-corrected chi connectivity index (χ2v) is 11.3. The van der Waals surface area contributed by atoms with E-state index < -0.39 is 5.82 Å². The summed E-state index contributed by atoms with van der Waals surface area (Å²) in [5.74, 6) is -0.509. The van der Waals surface area contributed by atoms with Crippen LogP contribution in [0.25, 0.3) is 11.0 Å². The smallest absolute Gasteiger partial charge is 0.276 e. The van der Waals surface area contributed by atoms with E-state index in [0.717, 1.165) is 5.56 Å². The molecule has 0 bridgehead atoms. The van der Waals surface area contributed by atoms with Crippen LogP contribution < -0.4 is 16.9 Å².